The SMILES string of the molecule is NCc1cccc(C2CCN(C(=O)c3ccc(C(=O)COc4ccccc4)c(O)c3)CC2)c1. The number of likely N-dealkylation sites (tertiary alicyclic amines) is 1. The number of carbonyl (C=O) groups is 2. The second kappa shape index (κ2) is 10.3. The van der Waals surface area contributed by atoms with Crippen LogP contribution in [0.5, 0.6) is 11.5 Å². The molecule has 1 amide bonds. The number of nitrogens with zero attached hydrogens (tertiary/aromatic N) is 1. The molecule has 0 atom stereocenters. The van der Waals surface area contributed by atoms with Crippen molar-refractivity contribution in [3.8, 4) is 11.5 Å². The summed E-state index contributed by atoms with van der Waals surface area (Å²) in [5, 5.41) is 10.4. The van der Waals surface area contributed by atoms with Gasteiger partial charge in [0.1, 0.15) is 11.5 Å². The molecule has 1 aliphatic heterocycles. The number of hydrogen-bond acceptors (Lipinski definition) is 5. The van der Waals surface area contributed by atoms with Crippen LogP contribution in [0.1, 0.15) is 50.6 Å². The number of benzene rings is 3. The topological polar surface area (TPSA) is 92.9 Å². The summed E-state index contributed by atoms with van der Waals surface area (Å²) < 4.78 is 5.47. The average molecular weight is 445 g/mol. The molecule has 3 aromatic rings. The fourth-order valence-electron chi connectivity index (χ4n) is 4.22. The van der Waals surface area contributed by atoms with Crippen LogP contribution in [-0.4, -0.2) is 41.4 Å². The van der Waals surface area contributed by atoms with Crippen molar-refractivity contribution in [2.24, 2.45) is 5.73 Å². The number of piperidine rings is 1. The number of Topliss-reactive ketones (excluding diaryl/α,β-unsaturated/α-hetero) is 1. The van der Waals surface area contributed by atoms with Crippen LogP contribution in [0.25, 0.3) is 0 Å². The minimum atomic E-state index is -0.351. The fourth-order valence-corrected chi connectivity index (χ4v) is 4.22. The summed E-state index contributed by atoms with van der Waals surface area (Å²) in [5.41, 5.74) is 8.65. The molecule has 0 unspecified atom stereocenters. The highest BCUT2D eigenvalue weighted by Gasteiger charge is 2.25. The number of ketones is 1. The predicted octanol–water partition coefficient (Wildman–Crippen LogP) is 4.13. The van der Waals surface area contributed by atoms with Gasteiger partial charge in [0.15, 0.2) is 6.61 Å². The van der Waals surface area contributed by atoms with Crippen molar-refractivity contribution >= 4 is 11.7 Å². The van der Waals surface area contributed by atoms with Gasteiger partial charge in [-0.3, -0.25) is 9.59 Å². The average Bonchev–Trinajstić information content (AvgIpc) is 2.87. The normalized spacial score (nSPS) is 14.2. The van der Waals surface area contributed by atoms with E-state index in [4.69, 9.17) is 10.5 Å². The molecule has 6 nitrogen and oxygen atoms in total. The van der Waals surface area contributed by atoms with Crippen molar-refractivity contribution in [1.29, 1.82) is 0 Å². The van der Waals surface area contributed by atoms with Crippen molar-refractivity contribution in [2.75, 3.05) is 19.7 Å². The molecule has 1 aliphatic rings. The molecule has 0 spiro atoms. The number of nitrogens with two attached hydrogens (primary N) is 1. The van der Waals surface area contributed by atoms with Gasteiger partial charge in [0.25, 0.3) is 5.91 Å². The number of hydrogen-bond donors (Lipinski definition) is 2. The molecule has 3 N–H and O–H groups in total. The molecular weight excluding hydrogens is 416 g/mol. The zero-order valence-corrected chi connectivity index (χ0v) is 18.4. The highest BCUT2D eigenvalue weighted by Crippen LogP contribution is 2.30. The van der Waals surface area contributed by atoms with E-state index < -0.39 is 0 Å². The van der Waals surface area contributed by atoms with Gasteiger partial charge in [0.2, 0.25) is 5.78 Å². The van der Waals surface area contributed by atoms with Crippen LogP contribution in [0.4, 0.5) is 0 Å². The van der Waals surface area contributed by atoms with Crippen molar-refractivity contribution in [3.63, 3.8) is 0 Å². The molecule has 3 aromatic carbocycles. The number of carbonyl (C=O) groups excluding carboxylic acids is 2. The zero-order chi connectivity index (χ0) is 23.2. The summed E-state index contributed by atoms with van der Waals surface area (Å²) in [6.07, 6.45) is 1.75. The summed E-state index contributed by atoms with van der Waals surface area (Å²) in [6.45, 7) is 1.61. The Morgan fingerprint density at radius 1 is 0.970 bits per heavy atom. The van der Waals surface area contributed by atoms with Gasteiger partial charge in [-0.05, 0) is 60.2 Å². The molecule has 0 saturated carbocycles. The molecule has 0 radical (unpaired) electrons. The number of phenolic OH excluding ortho intramolecular Hbond substituents is 1. The van der Waals surface area contributed by atoms with E-state index >= 15 is 0 Å². The van der Waals surface area contributed by atoms with Gasteiger partial charge >= 0.3 is 0 Å². The Kier molecular flexibility index (Phi) is 7.05. The maximum Gasteiger partial charge on any atom is 0.253 e. The summed E-state index contributed by atoms with van der Waals surface area (Å²) in [5.74, 6) is 0.278. The Labute approximate surface area is 193 Å². The third-order valence-corrected chi connectivity index (χ3v) is 6.10. The number of rotatable bonds is 7. The number of aromatic hydroxyl groups is 1. The lowest BCUT2D eigenvalue weighted by Crippen LogP contribution is -2.38. The summed E-state index contributed by atoms with van der Waals surface area (Å²) >= 11 is 0. The molecule has 6 heteroatoms. The lowest BCUT2D eigenvalue weighted by atomic mass is 9.88. The molecule has 4 rings (SSSR count). The van der Waals surface area contributed by atoms with Crippen molar-refractivity contribution in [1.82, 2.24) is 4.90 Å². The molecular formula is C27H28N2O4. The van der Waals surface area contributed by atoms with Gasteiger partial charge in [-0.1, -0.05) is 42.5 Å². The first-order valence-corrected chi connectivity index (χ1v) is 11.2. The number of phenols is 1. The number of para-hydroxylation sites is 1. The van der Waals surface area contributed by atoms with E-state index in [0.717, 1.165) is 18.4 Å². The highest BCUT2D eigenvalue weighted by atomic mass is 16.5. The van der Waals surface area contributed by atoms with Gasteiger partial charge in [-0.25, -0.2) is 0 Å². The van der Waals surface area contributed by atoms with E-state index in [1.54, 1.807) is 23.1 Å². The first kappa shape index (κ1) is 22.6. The summed E-state index contributed by atoms with van der Waals surface area (Å²) in [7, 11) is 0. The van der Waals surface area contributed by atoms with Crippen LogP contribution in [0.2, 0.25) is 0 Å². The lowest BCUT2D eigenvalue weighted by molar-refractivity contribution is 0.0712. The predicted molar refractivity (Wildman–Crippen MR) is 127 cm³/mol. The Balaban J connectivity index is 1.36. The Morgan fingerprint density at radius 3 is 2.42 bits per heavy atom. The molecule has 1 heterocycles. The number of amides is 1. The molecule has 33 heavy (non-hydrogen) atoms. The third kappa shape index (κ3) is 5.41. The van der Waals surface area contributed by atoms with E-state index in [2.05, 4.69) is 12.1 Å². The molecule has 1 fully saturated rings. The lowest BCUT2D eigenvalue weighted by Gasteiger charge is -2.32. The minimum Gasteiger partial charge on any atom is -0.507 e. The van der Waals surface area contributed by atoms with Gasteiger partial charge in [-0.15, -0.1) is 0 Å². The van der Waals surface area contributed by atoms with Crippen molar-refractivity contribution < 1.29 is 19.4 Å². The van der Waals surface area contributed by atoms with Gasteiger partial charge in [-0.2, -0.15) is 0 Å². The van der Waals surface area contributed by atoms with Crippen molar-refractivity contribution in [3.05, 3.63) is 95.1 Å². The van der Waals surface area contributed by atoms with Crippen LogP contribution in [-0.2, 0) is 6.54 Å². The molecule has 1 saturated heterocycles. The van der Waals surface area contributed by atoms with Gasteiger partial charge in [0, 0.05) is 25.2 Å². The maximum atomic E-state index is 13.0. The van der Waals surface area contributed by atoms with E-state index in [1.165, 1.54) is 17.7 Å². The molecule has 0 aliphatic carbocycles. The largest absolute Gasteiger partial charge is 0.507 e. The van der Waals surface area contributed by atoms with Crippen LogP contribution < -0.4 is 10.5 Å². The van der Waals surface area contributed by atoms with Crippen LogP contribution in [0, 0.1) is 0 Å². The highest BCUT2D eigenvalue weighted by molar-refractivity contribution is 6.02. The number of ether oxygens (including phenoxy) is 1. The quantitative estimate of drug-likeness (QED) is 0.535. The van der Waals surface area contributed by atoms with Crippen molar-refractivity contribution in [2.45, 2.75) is 25.3 Å². The maximum absolute atomic E-state index is 13.0. The molecule has 0 bridgehead atoms. The van der Waals surface area contributed by atoms with Gasteiger partial charge in [0.05, 0.1) is 5.56 Å². The Bertz CT molecular complexity index is 1120. The smallest absolute Gasteiger partial charge is 0.253 e. The van der Waals surface area contributed by atoms with Crippen LogP contribution >= 0.6 is 0 Å². The first-order chi connectivity index (χ1) is 16.0. The zero-order valence-electron chi connectivity index (χ0n) is 18.4. The van der Waals surface area contributed by atoms with Gasteiger partial charge < -0.3 is 20.5 Å². The third-order valence-electron chi connectivity index (χ3n) is 6.10. The minimum absolute atomic E-state index is 0.140. The second-order valence-electron chi connectivity index (χ2n) is 8.27. The van der Waals surface area contributed by atoms with E-state index in [9.17, 15) is 14.7 Å². The summed E-state index contributed by atoms with van der Waals surface area (Å²) in [4.78, 5) is 27.2. The monoisotopic (exact) mass is 444 g/mol. The molecule has 0 aromatic heterocycles. The van der Waals surface area contributed by atoms with E-state index in [1.807, 2.05) is 30.3 Å². The fraction of sp³-hybridized carbons (Fsp3) is 0.259. The van der Waals surface area contributed by atoms with E-state index in [-0.39, 0.29) is 29.6 Å². The van der Waals surface area contributed by atoms with Crippen LogP contribution in [0.3, 0.4) is 0 Å². The first-order valence-electron chi connectivity index (χ1n) is 11.2. The summed E-state index contributed by atoms with van der Waals surface area (Å²) in [6, 6.07) is 21.8. The Hall–Kier alpha value is -3.64. The van der Waals surface area contributed by atoms with Crippen LogP contribution in [0.15, 0.2) is 72.8 Å². The van der Waals surface area contributed by atoms with E-state index in [0.29, 0.717) is 36.9 Å². The standard InChI is InChI=1S/C27H28N2O4/c28-17-19-5-4-6-21(15-19)20-11-13-29(14-12-20)27(32)22-9-10-24(25(30)16-22)26(31)18-33-23-7-2-1-3-8-23/h1-10,15-16,20,30H,11-14,17-18,28H2. The Morgan fingerprint density at radius 2 is 1.73 bits per heavy atom. The molecule has 170 valence electrons. The second-order valence-corrected chi connectivity index (χ2v) is 8.27.